The van der Waals surface area contributed by atoms with Crippen LogP contribution in [0.25, 0.3) is 0 Å². The Balaban J connectivity index is 4.04. The lowest BCUT2D eigenvalue weighted by molar-refractivity contribution is -0.870. The van der Waals surface area contributed by atoms with Gasteiger partial charge in [0, 0.05) is 6.42 Å². The van der Waals surface area contributed by atoms with Crippen molar-refractivity contribution in [2.24, 2.45) is 0 Å². The molecule has 0 saturated carbocycles. The topological polar surface area (TPSA) is 105 Å². The molecule has 3 unspecified atom stereocenters. The Labute approximate surface area is 487 Å². The first-order valence-corrected chi connectivity index (χ1v) is 35.9. The number of nitrogens with one attached hydrogen (secondary N) is 1. The number of amides is 1. The second kappa shape index (κ2) is 60.3. The number of allylic oxidation sites excluding steroid dienone is 5. The van der Waals surface area contributed by atoms with Gasteiger partial charge in [0.25, 0.3) is 0 Å². The Morgan fingerprint density at radius 1 is 0.436 bits per heavy atom. The van der Waals surface area contributed by atoms with Gasteiger partial charge in [-0.25, -0.2) is 4.57 Å². The lowest BCUT2D eigenvalue weighted by Gasteiger charge is -2.25. The van der Waals surface area contributed by atoms with Gasteiger partial charge < -0.3 is 19.8 Å². The first kappa shape index (κ1) is 76.7. The lowest BCUT2D eigenvalue weighted by atomic mass is 10.0. The number of phosphoric acid groups is 1. The van der Waals surface area contributed by atoms with Gasteiger partial charge in [0.1, 0.15) is 13.2 Å². The molecular weight excluding hydrogens is 984 g/mol. The third kappa shape index (κ3) is 62.3. The van der Waals surface area contributed by atoms with E-state index in [4.69, 9.17) is 9.05 Å². The summed E-state index contributed by atoms with van der Waals surface area (Å²) < 4.78 is 23.8. The van der Waals surface area contributed by atoms with E-state index in [9.17, 15) is 19.4 Å². The van der Waals surface area contributed by atoms with Crippen LogP contribution < -0.4 is 5.32 Å². The number of hydrogen-bond acceptors (Lipinski definition) is 5. The van der Waals surface area contributed by atoms with E-state index in [1.807, 2.05) is 27.2 Å². The molecule has 0 aliphatic rings. The van der Waals surface area contributed by atoms with E-state index < -0.39 is 20.0 Å². The van der Waals surface area contributed by atoms with Crippen molar-refractivity contribution < 1.29 is 32.9 Å². The SMILES string of the molecule is CCCCCCCCCCC/C=C\C/C=C\CCCCCCCCCCCCCCCCCCCC(=O)NC(COP(=O)(O)OCC[N+](C)(C)C)C(O)/C=C/CCCCCCCCCCCCCCCCCCCCCCC. The molecule has 0 saturated heterocycles. The van der Waals surface area contributed by atoms with E-state index in [0.717, 1.165) is 38.5 Å². The van der Waals surface area contributed by atoms with E-state index in [1.54, 1.807) is 6.08 Å². The van der Waals surface area contributed by atoms with E-state index in [1.165, 1.54) is 289 Å². The van der Waals surface area contributed by atoms with Gasteiger partial charge in [-0.1, -0.05) is 326 Å². The smallest absolute Gasteiger partial charge is 0.387 e. The zero-order valence-electron chi connectivity index (χ0n) is 52.9. The van der Waals surface area contributed by atoms with Crippen molar-refractivity contribution in [3.05, 3.63) is 36.5 Å². The number of aliphatic hydroxyl groups excluding tert-OH is 1. The van der Waals surface area contributed by atoms with E-state index in [-0.39, 0.29) is 19.1 Å². The van der Waals surface area contributed by atoms with Gasteiger partial charge in [-0.05, 0) is 51.4 Å². The van der Waals surface area contributed by atoms with Crippen molar-refractivity contribution in [2.45, 2.75) is 360 Å². The number of quaternary nitrogens is 1. The molecule has 0 aliphatic carbocycles. The highest BCUT2D eigenvalue weighted by atomic mass is 31.2. The number of unbranched alkanes of at least 4 members (excludes halogenated alkanes) is 47. The van der Waals surface area contributed by atoms with Gasteiger partial charge >= 0.3 is 7.82 Å². The summed E-state index contributed by atoms with van der Waals surface area (Å²) in [4.78, 5) is 23.4. The van der Waals surface area contributed by atoms with Crippen LogP contribution in [0, 0.1) is 0 Å². The van der Waals surface area contributed by atoms with Crippen molar-refractivity contribution in [1.29, 1.82) is 0 Å². The number of phosphoric ester groups is 1. The van der Waals surface area contributed by atoms with Crippen LogP contribution in [-0.4, -0.2) is 73.4 Å². The molecule has 0 aliphatic heterocycles. The fourth-order valence-electron chi connectivity index (χ4n) is 10.5. The normalized spacial score (nSPS) is 13.9. The van der Waals surface area contributed by atoms with Crippen LogP contribution in [-0.2, 0) is 18.4 Å². The Morgan fingerprint density at radius 2 is 0.731 bits per heavy atom. The molecule has 0 aromatic rings. The van der Waals surface area contributed by atoms with Crippen molar-refractivity contribution in [3.63, 3.8) is 0 Å². The molecule has 0 aromatic carbocycles. The molecule has 8 nitrogen and oxygen atoms in total. The number of rotatable bonds is 64. The van der Waals surface area contributed by atoms with Crippen LogP contribution >= 0.6 is 7.82 Å². The number of nitrogens with zero attached hydrogens (tertiary/aromatic N) is 1. The first-order chi connectivity index (χ1) is 38.0. The monoisotopic (exact) mass is 1120 g/mol. The third-order valence-corrected chi connectivity index (χ3v) is 16.8. The maximum Gasteiger partial charge on any atom is 0.472 e. The van der Waals surface area contributed by atoms with Gasteiger partial charge in [0.15, 0.2) is 0 Å². The van der Waals surface area contributed by atoms with Gasteiger partial charge in [0.2, 0.25) is 5.91 Å². The zero-order valence-corrected chi connectivity index (χ0v) is 53.8. The van der Waals surface area contributed by atoms with Crippen LogP contribution in [0.15, 0.2) is 36.5 Å². The highest BCUT2D eigenvalue weighted by Gasteiger charge is 2.28. The zero-order chi connectivity index (χ0) is 57.0. The van der Waals surface area contributed by atoms with Crippen LogP contribution in [0.3, 0.4) is 0 Å². The molecule has 0 spiro atoms. The van der Waals surface area contributed by atoms with Crippen molar-refractivity contribution in [1.82, 2.24) is 5.32 Å². The summed E-state index contributed by atoms with van der Waals surface area (Å²) in [6.07, 6.45) is 80.0. The van der Waals surface area contributed by atoms with E-state index in [0.29, 0.717) is 17.4 Å². The molecule has 3 N–H and O–H groups in total. The number of likely N-dealkylation sites (N-methyl/N-ethyl adjacent to an activating group) is 1. The fourth-order valence-corrected chi connectivity index (χ4v) is 11.2. The molecule has 1 amide bonds. The van der Waals surface area contributed by atoms with Crippen LogP contribution in [0.1, 0.15) is 348 Å². The minimum Gasteiger partial charge on any atom is -0.387 e. The Hall–Kier alpha value is -1.28. The largest absolute Gasteiger partial charge is 0.472 e. The summed E-state index contributed by atoms with van der Waals surface area (Å²) in [5.41, 5.74) is 0. The lowest BCUT2D eigenvalue weighted by Crippen LogP contribution is -2.45. The Kier molecular flexibility index (Phi) is 59.3. The average Bonchev–Trinajstić information content (AvgIpc) is 3.41. The maximum absolute atomic E-state index is 13.0. The predicted octanol–water partition coefficient (Wildman–Crippen LogP) is 21.7. The van der Waals surface area contributed by atoms with E-state index in [2.05, 4.69) is 43.5 Å². The standard InChI is InChI=1S/C69H135N2O6P/c1-6-8-10-12-14-16-18-20-22-24-26-28-30-31-32-33-34-35-36-37-38-39-41-43-45-47-49-51-53-55-57-59-61-63-69(73)70-67(66-77-78(74,75)76-65-64-71(3,4)5)68(72)62-60-58-56-54-52-50-48-46-44-42-40-29-27-25-23-21-19-17-15-13-11-9-7-2/h26,28,31-32,60,62,67-68,72H,6-25,27,29-30,33-59,61,63-66H2,1-5H3,(H-,70,73,74,75)/p+1/b28-26-,32-31-,62-60+. The minimum atomic E-state index is -4.35. The number of carbonyl (C=O) groups excluding carboxylic acids is 1. The van der Waals surface area contributed by atoms with Crippen LogP contribution in [0.5, 0.6) is 0 Å². The number of carbonyl (C=O) groups is 1. The second-order valence-electron chi connectivity index (χ2n) is 24.9. The Morgan fingerprint density at radius 3 is 1.05 bits per heavy atom. The summed E-state index contributed by atoms with van der Waals surface area (Å²) in [6.45, 7) is 4.87. The molecule has 0 aromatic heterocycles. The van der Waals surface area contributed by atoms with Crippen LogP contribution in [0.4, 0.5) is 0 Å². The van der Waals surface area contributed by atoms with Gasteiger partial charge in [-0.2, -0.15) is 0 Å². The number of hydrogen-bond donors (Lipinski definition) is 3. The average molecular weight is 1120 g/mol. The van der Waals surface area contributed by atoms with Gasteiger partial charge in [0.05, 0.1) is 39.9 Å². The first-order valence-electron chi connectivity index (χ1n) is 34.4. The molecule has 78 heavy (non-hydrogen) atoms. The quantitative estimate of drug-likeness (QED) is 0.0243. The minimum absolute atomic E-state index is 0.0632. The predicted molar refractivity (Wildman–Crippen MR) is 341 cm³/mol. The van der Waals surface area contributed by atoms with Crippen molar-refractivity contribution in [3.8, 4) is 0 Å². The van der Waals surface area contributed by atoms with Crippen LogP contribution in [0.2, 0.25) is 0 Å². The summed E-state index contributed by atoms with van der Waals surface area (Å²) >= 11 is 0. The molecule has 3 atom stereocenters. The fraction of sp³-hybridized carbons (Fsp3) is 0.899. The second-order valence-corrected chi connectivity index (χ2v) is 26.4. The summed E-state index contributed by atoms with van der Waals surface area (Å²) in [5, 5.41) is 14.0. The summed E-state index contributed by atoms with van der Waals surface area (Å²) in [5.74, 6) is -0.171. The molecule has 0 fully saturated rings. The molecule has 462 valence electrons. The molecular formula is C69H136N2O6P+. The van der Waals surface area contributed by atoms with Crippen molar-refractivity contribution >= 4 is 13.7 Å². The van der Waals surface area contributed by atoms with Gasteiger partial charge in [-0.3, -0.25) is 13.8 Å². The highest BCUT2D eigenvalue weighted by Crippen LogP contribution is 2.43. The van der Waals surface area contributed by atoms with Gasteiger partial charge in [-0.15, -0.1) is 0 Å². The molecule has 9 heteroatoms. The molecule has 0 bridgehead atoms. The number of aliphatic hydroxyl groups is 1. The van der Waals surface area contributed by atoms with Crippen molar-refractivity contribution in [2.75, 3.05) is 40.9 Å². The van der Waals surface area contributed by atoms with E-state index >= 15 is 0 Å². The molecule has 0 rings (SSSR count). The maximum atomic E-state index is 13.0. The highest BCUT2D eigenvalue weighted by molar-refractivity contribution is 7.47. The molecule has 0 radical (unpaired) electrons. The summed E-state index contributed by atoms with van der Waals surface area (Å²) in [7, 11) is 1.59. The third-order valence-electron chi connectivity index (χ3n) is 15.9. The Bertz CT molecular complexity index is 1360. The molecule has 0 heterocycles. The summed E-state index contributed by atoms with van der Waals surface area (Å²) in [6, 6.07) is -0.847.